The fourth-order valence-corrected chi connectivity index (χ4v) is 2.25. The van der Waals surface area contributed by atoms with Crippen molar-refractivity contribution in [1.82, 2.24) is 9.97 Å². The van der Waals surface area contributed by atoms with Crippen LogP contribution in [0, 0.1) is 13.8 Å². The Labute approximate surface area is 143 Å². The van der Waals surface area contributed by atoms with Crippen LogP contribution in [-0.2, 0) is 11.0 Å². The van der Waals surface area contributed by atoms with Crippen LogP contribution in [-0.4, -0.2) is 22.4 Å². The van der Waals surface area contributed by atoms with E-state index >= 15 is 0 Å². The molecular weight excluding hydrogens is 333 g/mol. The summed E-state index contributed by atoms with van der Waals surface area (Å²) < 4.78 is 37.9. The van der Waals surface area contributed by atoms with Crippen LogP contribution >= 0.6 is 0 Å². The molecule has 0 saturated carbocycles. The molecule has 0 saturated heterocycles. The van der Waals surface area contributed by atoms with Crippen LogP contribution in [0.2, 0.25) is 0 Å². The van der Waals surface area contributed by atoms with Crippen molar-refractivity contribution in [1.29, 1.82) is 0 Å². The Kier molecular flexibility index (Phi) is 5.95. The predicted molar refractivity (Wildman–Crippen MR) is 89.3 cm³/mol. The van der Waals surface area contributed by atoms with Crippen molar-refractivity contribution in [2.24, 2.45) is 0 Å². The lowest BCUT2D eigenvalue weighted by Gasteiger charge is -2.10. The summed E-state index contributed by atoms with van der Waals surface area (Å²) in [5, 5.41) is 5.50. The maximum atomic E-state index is 12.6. The maximum Gasteiger partial charge on any atom is 0.416 e. The van der Waals surface area contributed by atoms with Gasteiger partial charge in [0.15, 0.2) is 0 Å². The number of aromatic nitrogens is 2. The van der Waals surface area contributed by atoms with Crippen molar-refractivity contribution in [3.63, 3.8) is 0 Å². The molecule has 0 atom stereocenters. The summed E-state index contributed by atoms with van der Waals surface area (Å²) in [6.45, 7) is 4.21. The summed E-state index contributed by atoms with van der Waals surface area (Å²) in [6.07, 6.45) is -3.76. The molecule has 1 heterocycles. The third-order valence-electron chi connectivity index (χ3n) is 3.32. The summed E-state index contributed by atoms with van der Waals surface area (Å²) >= 11 is 0. The fraction of sp³-hybridized carbons (Fsp3) is 0.353. The van der Waals surface area contributed by atoms with Crippen molar-refractivity contribution in [2.45, 2.75) is 32.9 Å². The number of anilines is 2. The van der Waals surface area contributed by atoms with E-state index in [1.54, 1.807) is 0 Å². The molecule has 0 aliphatic rings. The van der Waals surface area contributed by atoms with Crippen LogP contribution in [0.3, 0.4) is 0 Å². The highest BCUT2D eigenvalue weighted by Crippen LogP contribution is 2.30. The Balaban J connectivity index is 1.79. The number of carbonyl (C=O) groups excluding carboxylic acids is 1. The number of halogens is 3. The third-order valence-corrected chi connectivity index (χ3v) is 3.32. The number of alkyl halides is 3. The van der Waals surface area contributed by atoms with Crippen molar-refractivity contribution >= 4 is 17.5 Å². The summed E-state index contributed by atoms with van der Waals surface area (Å²) in [7, 11) is 0. The quantitative estimate of drug-likeness (QED) is 0.773. The van der Waals surface area contributed by atoms with Gasteiger partial charge in [-0.1, -0.05) is 6.07 Å². The average molecular weight is 352 g/mol. The number of carbonyl (C=O) groups is 1. The minimum absolute atomic E-state index is 0.130. The van der Waals surface area contributed by atoms with E-state index in [9.17, 15) is 18.0 Å². The zero-order chi connectivity index (χ0) is 18.4. The molecule has 0 spiro atoms. The molecule has 8 heteroatoms. The largest absolute Gasteiger partial charge is 0.416 e. The number of benzene rings is 1. The normalized spacial score (nSPS) is 11.2. The highest BCUT2D eigenvalue weighted by atomic mass is 19.4. The zero-order valence-corrected chi connectivity index (χ0v) is 13.9. The molecule has 1 aromatic carbocycles. The van der Waals surface area contributed by atoms with E-state index in [1.165, 1.54) is 12.1 Å². The van der Waals surface area contributed by atoms with Gasteiger partial charge in [0.25, 0.3) is 0 Å². The molecule has 2 rings (SSSR count). The molecule has 25 heavy (non-hydrogen) atoms. The number of hydrogen-bond acceptors (Lipinski definition) is 4. The van der Waals surface area contributed by atoms with Gasteiger partial charge in [-0.2, -0.15) is 13.2 Å². The first-order valence-electron chi connectivity index (χ1n) is 7.77. The molecule has 0 aliphatic carbocycles. The Hall–Kier alpha value is -2.64. The lowest BCUT2D eigenvalue weighted by Crippen LogP contribution is -2.15. The molecular formula is C17H19F3N4O. The molecule has 134 valence electrons. The second-order valence-electron chi connectivity index (χ2n) is 5.63. The molecule has 0 radical (unpaired) electrons. The summed E-state index contributed by atoms with van der Waals surface area (Å²) in [5.74, 6) is 0.151. The maximum absolute atomic E-state index is 12.6. The third kappa shape index (κ3) is 6.06. The number of amides is 1. The van der Waals surface area contributed by atoms with E-state index in [0.29, 0.717) is 18.9 Å². The van der Waals surface area contributed by atoms with Gasteiger partial charge in [-0.3, -0.25) is 4.79 Å². The van der Waals surface area contributed by atoms with Crippen molar-refractivity contribution in [3.05, 3.63) is 47.3 Å². The second kappa shape index (κ2) is 7.96. The molecule has 5 nitrogen and oxygen atoms in total. The van der Waals surface area contributed by atoms with E-state index in [0.717, 1.165) is 23.5 Å². The van der Waals surface area contributed by atoms with Gasteiger partial charge in [0.1, 0.15) is 0 Å². The van der Waals surface area contributed by atoms with Crippen LogP contribution < -0.4 is 10.6 Å². The van der Waals surface area contributed by atoms with Gasteiger partial charge >= 0.3 is 6.18 Å². The number of nitrogens with zero attached hydrogens (tertiary/aromatic N) is 2. The van der Waals surface area contributed by atoms with Crippen molar-refractivity contribution in [2.75, 3.05) is 17.2 Å². The van der Waals surface area contributed by atoms with Gasteiger partial charge in [0, 0.05) is 30.0 Å². The highest BCUT2D eigenvalue weighted by molar-refractivity contribution is 5.90. The van der Waals surface area contributed by atoms with E-state index < -0.39 is 11.7 Å². The molecule has 2 N–H and O–H groups in total. The molecule has 1 amide bonds. The number of rotatable bonds is 6. The Morgan fingerprint density at radius 1 is 1.12 bits per heavy atom. The topological polar surface area (TPSA) is 66.9 Å². The van der Waals surface area contributed by atoms with Gasteiger partial charge < -0.3 is 10.6 Å². The smallest absolute Gasteiger partial charge is 0.354 e. The van der Waals surface area contributed by atoms with Crippen LogP contribution in [0.25, 0.3) is 0 Å². The molecule has 0 bridgehead atoms. The SMILES string of the molecule is Cc1cc(C)nc(NCCCC(=O)Nc2cccc(C(F)(F)F)c2)n1. The number of nitrogens with one attached hydrogen (secondary N) is 2. The van der Waals surface area contributed by atoms with Crippen molar-refractivity contribution in [3.8, 4) is 0 Å². The van der Waals surface area contributed by atoms with Gasteiger partial charge in [0.05, 0.1) is 5.56 Å². The lowest BCUT2D eigenvalue weighted by molar-refractivity contribution is -0.137. The minimum atomic E-state index is -4.43. The Morgan fingerprint density at radius 2 is 1.80 bits per heavy atom. The van der Waals surface area contributed by atoms with Crippen LogP contribution in [0.1, 0.15) is 29.8 Å². The van der Waals surface area contributed by atoms with E-state index in [4.69, 9.17) is 0 Å². The first kappa shape index (κ1) is 18.7. The zero-order valence-electron chi connectivity index (χ0n) is 13.9. The monoisotopic (exact) mass is 352 g/mol. The number of aryl methyl sites for hydroxylation is 2. The standard InChI is InChI=1S/C17H19F3N4O/c1-11-9-12(2)23-16(22-11)21-8-4-7-15(25)24-14-6-3-5-13(10-14)17(18,19)20/h3,5-6,9-10H,4,7-8H2,1-2H3,(H,24,25)(H,21,22,23). The van der Waals surface area contributed by atoms with E-state index in [1.807, 2.05) is 19.9 Å². The van der Waals surface area contributed by atoms with Crippen LogP contribution in [0.5, 0.6) is 0 Å². The Morgan fingerprint density at radius 3 is 2.44 bits per heavy atom. The van der Waals surface area contributed by atoms with Gasteiger partial charge in [-0.15, -0.1) is 0 Å². The van der Waals surface area contributed by atoms with Crippen molar-refractivity contribution < 1.29 is 18.0 Å². The van der Waals surface area contributed by atoms with Crippen LogP contribution in [0.15, 0.2) is 30.3 Å². The van der Waals surface area contributed by atoms with Crippen LogP contribution in [0.4, 0.5) is 24.8 Å². The van der Waals surface area contributed by atoms with E-state index in [2.05, 4.69) is 20.6 Å². The lowest BCUT2D eigenvalue weighted by atomic mass is 10.2. The summed E-state index contributed by atoms with van der Waals surface area (Å²) in [6, 6.07) is 6.42. The first-order chi connectivity index (χ1) is 11.7. The predicted octanol–water partition coefficient (Wildman–Crippen LogP) is 3.94. The molecule has 0 unspecified atom stereocenters. The molecule has 0 fully saturated rings. The van der Waals surface area contributed by atoms with E-state index in [-0.39, 0.29) is 18.0 Å². The van der Waals surface area contributed by atoms with Gasteiger partial charge in [0.2, 0.25) is 11.9 Å². The molecule has 2 aromatic rings. The average Bonchev–Trinajstić information content (AvgIpc) is 2.50. The second-order valence-corrected chi connectivity index (χ2v) is 5.63. The fourth-order valence-electron chi connectivity index (χ4n) is 2.25. The Bertz CT molecular complexity index is 727. The minimum Gasteiger partial charge on any atom is -0.354 e. The summed E-state index contributed by atoms with van der Waals surface area (Å²) in [4.78, 5) is 20.3. The van der Waals surface area contributed by atoms with Gasteiger partial charge in [-0.25, -0.2) is 9.97 Å². The highest BCUT2D eigenvalue weighted by Gasteiger charge is 2.30. The first-order valence-corrected chi connectivity index (χ1v) is 7.77. The molecule has 0 aliphatic heterocycles. The summed E-state index contributed by atoms with van der Waals surface area (Å²) in [5.41, 5.74) is 1.03. The van der Waals surface area contributed by atoms with Gasteiger partial charge in [-0.05, 0) is 44.5 Å². The molecule has 1 aromatic heterocycles. The number of hydrogen-bond donors (Lipinski definition) is 2.